The molecule has 0 aliphatic rings. The van der Waals surface area contributed by atoms with E-state index in [1.807, 2.05) is 0 Å². The normalized spacial score (nSPS) is 8.67. The smallest absolute Gasteiger partial charge is 0.0169 e. The predicted molar refractivity (Wildman–Crippen MR) is 41.5 cm³/mol. The molecule has 1 aromatic heterocycles. The average Bonchev–Trinajstić information content (AvgIpc) is 2.14. The van der Waals surface area contributed by atoms with E-state index >= 15 is 0 Å². The summed E-state index contributed by atoms with van der Waals surface area (Å²) in [6.45, 7) is 2.16. The van der Waals surface area contributed by atoms with Gasteiger partial charge in [-0.2, -0.15) is 0 Å². The number of aromatic nitrogens is 1. The second kappa shape index (κ2) is 3.33. The van der Waals surface area contributed by atoms with Crippen LogP contribution >= 0.6 is 0 Å². The molecule has 9 heavy (non-hydrogen) atoms. The predicted octanol–water partition coefficient (Wildman–Crippen LogP) is 2.22. The Morgan fingerprint density at radius 1 is 1.56 bits per heavy atom. The Balaban J connectivity index is 0.000000640. The fourth-order valence-corrected chi connectivity index (χ4v) is 0.864. The molecule has 0 aliphatic carbocycles. The Hall–Kier alpha value is -0.720. The number of hydrogen-bond acceptors (Lipinski definition) is 0. The summed E-state index contributed by atoms with van der Waals surface area (Å²) in [6.07, 6.45) is 3.20. The molecule has 0 saturated carbocycles. The standard InChI is InChI=1S/C7H11N.CH4/c1-3-7-5-4-6-8(7)2;/h4-6H,3H2,1-2H3;1H4. The summed E-state index contributed by atoms with van der Waals surface area (Å²) >= 11 is 0. The van der Waals surface area contributed by atoms with Crippen LogP contribution in [0.15, 0.2) is 18.3 Å². The molecule has 1 rings (SSSR count). The number of aryl methyl sites for hydroxylation is 2. The third kappa shape index (κ3) is 1.60. The highest BCUT2D eigenvalue weighted by Gasteiger charge is 1.88. The van der Waals surface area contributed by atoms with Crippen molar-refractivity contribution >= 4 is 0 Å². The molecule has 0 radical (unpaired) electrons. The second-order valence-corrected chi connectivity index (χ2v) is 1.96. The van der Waals surface area contributed by atoms with Gasteiger partial charge in [0, 0.05) is 18.9 Å². The Kier molecular flexibility index (Phi) is 3.07. The zero-order valence-electron chi connectivity index (χ0n) is 5.39. The number of hydrogen-bond donors (Lipinski definition) is 0. The zero-order chi connectivity index (χ0) is 5.98. The van der Waals surface area contributed by atoms with Crippen molar-refractivity contribution in [1.82, 2.24) is 4.57 Å². The van der Waals surface area contributed by atoms with Crippen LogP contribution in [-0.4, -0.2) is 4.57 Å². The van der Waals surface area contributed by atoms with Gasteiger partial charge in [-0.1, -0.05) is 14.4 Å². The molecule has 0 spiro atoms. The van der Waals surface area contributed by atoms with Crippen molar-refractivity contribution < 1.29 is 0 Å². The lowest BCUT2D eigenvalue weighted by atomic mass is 10.3. The maximum absolute atomic E-state index is 2.16. The maximum Gasteiger partial charge on any atom is 0.0169 e. The summed E-state index contributed by atoms with van der Waals surface area (Å²) in [5, 5.41) is 0. The van der Waals surface area contributed by atoms with E-state index in [0.29, 0.717) is 0 Å². The molecule has 1 heteroatoms. The van der Waals surface area contributed by atoms with E-state index in [-0.39, 0.29) is 7.43 Å². The Bertz CT molecular complexity index is 165. The highest BCUT2D eigenvalue weighted by atomic mass is 14.9. The van der Waals surface area contributed by atoms with Crippen LogP contribution in [0.25, 0.3) is 0 Å². The third-order valence-electron chi connectivity index (χ3n) is 1.41. The van der Waals surface area contributed by atoms with Gasteiger partial charge in [0.15, 0.2) is 0 Å². The molecule has 0 atom stereocenters. The van der Waals surface area contributed by atoms with Crippen LogP contribution in [-0.2, 0) is 13.5 Å². The first kappa shape index (κ1) is 8.28. The van der Waals surface area contributed by atoms with Crippen molar-refractivity contribution in [3.05, 3.63) is 24.0 Å². The van der Waals surface area contributed by atoms with Gasteiger partial charge in [-0.25, -0.2) is 0 Å². The molecule has 0 bridgehead atoms. The number of nitrogens with zero attached hydrogens (tertiary/aromatic N) is 1. The van der Waals surface area contributed by atoms with Crippen molar-refractivity contribution in [1.29, 1.82) is 0 Å². The highest BCUT2D eigenvalue weighted by Crippen LogP contribution is 1.98. The SMILES string of the molecule is C.CCc1cccn1C. The van der Waals surface area contributed by atoms with Crippen molar-refractivity contribution in [2.75, 3.05) is 0 Å². The summed E-state index contributed by atoms with van der Waals surface area (Å²) < 4.78 is 2.14. The van der Waals surface area contributed by atoms with Gasteiger partial charge in [0.25, 0.3) is 0 Å². The van der Waals surface area contributed by atoms with Gasteiger partial charge in [0.1, 0.15) is 0 Å². The molecule has 0 saturated heterocycles. The molecule has 0 unspecified atom stereocenters. The van der Waals surface area contributed by atoms with Crippen LogP contribution in [0.3, 0.4) is 0 Å². The molecule has 1 nitrogen and oxygen atoms in total. The minimum Gasteiger partial charge on any atom is -0.354 e. The van der Waals surface area contributed by atoms with Crippen molar-refractivity contribution in [3.8, 4) is 0 Å². The fourth-order valence-electron chi connectivity index (χ4n) is 0.864. The van der Waals surface area contributed by atoms with Crippen LogP contribution in [0.5, 0.6) is 0 Å². The quantitative estimate of drug-likeness (QED) is 0.542. The lowest BCUT2D eigenvalue weighted by Gasteiger charge is -1.95. The van der Waals surface area contributed by atoms with Crippen LogP contribution in [0.4, 0.5) is 0 Å². The fraction of sp³-hybridized carbons (Fsp3) is 0.500. The minimum atomic E-state index is 0. The Labute approximate surface area is 57.3 Å². The van der Waals surface area contributed by atoms with E-state index in [9.17, 15) is 0 Å². The molecular formula is C8H15N. The van der Waals surface area contributed by atoms with Gasteiger partial charge < -0.3 is 4.57 Å². The van der Waals surface area contributed by atoms with Crippen LogP contribution in [0.1, 0.15) is 20.0 Å². The molecule has 52 valence electrons. The van der Waals surface area contributed by atoms with Gasteiger partial charge in [-0.05, 0) is 18.6 Å². The number of rotatable bonds is 1. The van der Waals surface area contributed by atoms with Gasteiger partial charge in [-0.15, -0.1) is 0 Å². The van der Waals surface area contributed by atoms with E-state index in [1.165, 1.54) is 5.69 Å². The molecular weight excluding hydrogens is 110 g/mol. The first-order chi connectivity index (χ1) is 3.84. The van der Waals surface area contributed by atoms with Gasteiger partial charge in [-0.3, -0.25) is 0 Å². The zero-order valence-corrected chi connectivity index (χ0v) is 5.39. The summed E-state index contributed by atoms with van der Waals surface area (Å²) in [7, 11) is 2.07. The molecule has 0 aromatic carbocycles. The van der Waals surface area contributed by atoms with E-state index in [1.54, 1.807) is 0 Å². The summed E-state index contributed by atoms with van der Waals surface area (Å²) in [6, 6.07) is 4.21. The third-order valence-corrected chi connectivity index (χ3v) is 1.41. The topological polar surface area (TPSA) is 4.93 Å². The van der Waals surface area contributed by atoms with Crippen molar-refractivity contribution in [3.63, 3.8) is 0 Å². The molecule has 0 amide bonds. The lowest BCUT2D eigenvalue weighted by Crippen LogP contribution is -1.90. The van der Waals surface area contributed by atoms with Crippen LogP contribution in [0, 0.1) is 0 Å². The van der Waals surface area contributed by atoms with Crippen molar-refractivity contribution in [2.45, 2.75) is 20.8 Å². The van der Waals surface area contributed by atoms with E-state index in [4.69, 9.17) is 0 Å². The first-order valence-electron chi connectivity index (χ1n) is 2.95. The van der Waals surface area contributed by atoms with Gasteiger partial charge in [0.05, 0.1) is 0 Å². The summed E-state index contributed by atoms with van der Waals surface area (Å²) in [5.74, 6) is 0. The highest BCUT2D eigenvalue weighted by molar-refractivity contribution is 5.05. The van der Waals surface area contributed by atoms with Crippen LogP contribution < -0.4 is 0 Å². The molecule has 0 aliphatic heterocycles. The first-order valence-corrected chi connectivity index (χ1v) is 2.95. The summed E-state index contributed by atoms with van der Waals surface area (Å²) in [5.41, 5.74) is 1.39. The van der Waals surface area contributed by atoms with Gasteiger partial charge >= 0.3 is 0 Å². The van der Waals surface area contributed by atoms with Crippen molar-refractivity contribution in [2.24, 2.45) is 7.05 Å². The maximum atomic E-state index is 2.16. The largest absolute Gasteiger partial charge is 0.354 e. The Morgan fingerprint density at radius 2 is 2.22 bits per heavy atom. The monoisotopic (exact) mass is 125 g/mol. The second-order valence-electron chi connectivity index (χ2n) is 1.96. The van der Waals surface area contributed by atoms with E-state index in [0.717, 1.165) is 6.42 Å². The molecule has 1 heterocycles. The summed E-state index contributed by atoms with van der Waals surface area (Å²) in [4.78, 5) is 0. The molecule has 0 N–H and O–H groups in total. The van der Waals surface area contributed by atoms with Crippen LogP contribution in [0.2, 0.25) is 0 Å². The van der Waals surface area contributed by atoms with E-state index < -0.39 is 0 Å². The Morgan fingerprint density at radius 3 is 2.44 bits per heavy atom. The molecule has 0 fully saturated rings. The van der Waals surface area contributed by atoms with E-state index in [2.05, 4.69) is 36.9 Å². The average molecular weight is 125 g/mol. The molecule has 1 aromatic rings. The van der Waals surface area contributed by atoms with Gasteiger partial charge in [0.2, 0.25) is 0 Å². The minimum absolute atomic E-state index is 0. The lowest BCUT2D eigenvalue weighted by molar-refractivity contribution is 0.838.